The van der Waals surface area contributed by atoms with Crippen LogP contribution in [0.25, 0.3) is 22.6 Å². The molecule has 4 rings (SSSR count). The van der Waals surface area contributed by atoms with Crippen LogP contribution < -0.4 is 15.6 Å². The van der Waals surface area contributed by atoms with Gasteiger partial charge in [-0.25, -0.2) is 9.78 Å². The number of nitrogens with one attached hydrogen (secondary N) is 1. The molecule has 0 radical (unpaired) electrons. The Hall–Kier alpha value is -4.20. The first-order valence-electron chi connectivity index (χ1n) is 9.56. The van der Waals surface area contributed by atoms with Crippen molar-refractivity contribution in [3.63, 3.8) is 0 Å². The summed E-state index contributed by atoms with van der Waals surface area (Å²) >= 11 is 0. The van der Waals surface area contributed by atoms with E-state index in [-0.39, 0.29) is 5.56 Å². The van der Waals surface area contributed by atoms with E-state index >= 15 is 0 Å². The number of amides is 1. The van der Waals surface area contributed by atoms with E-state index in [4.69, 9.17) is 9.84 Å². The van der Waals surface area contributed by atoms with Gasteiger partial charge in [0, 0.05) is 24.4 Å². The Morgan fingerprint density at radius 3 is 2.65 bits per heavy atom. The maximum Gasteiger partial charge on any atom is 0.328 e. The Labute approximate surface area is 177 Å². The molecule has 0 spiro atoms. The van der Waals surface area contributed by atoms with Crippen LogP contribution in [0.5, 0.6) is 5.75 Å². The minimum Gasteiger partial charge on any atom is -0.497 e. The number of carbonyl (C=O) groups excluding carboxylic acids is 1. The van der Waals surface area contributed by atoms with Crippen LogP contribution in [-0.4, -0.2) is 33.6 Å². The number of carbonyl (C=O) groups is 2. The minimum atomic E-state index is -1.21. The summed E-state index contributed by atoms with van der Waals surface area (Å²) in [5.74, 6) is -0.431. The first-order chi connectivity index (χ1) is 14.9. The van der Waals surface area contributed by atoms with E-state index in [0.29, 0.717) is 35.4 Å². The van der Waals surface area contributed by atoms with Gasteiger partial charge in [-0.2, -0.15) is 0 Å². The molecular formula is C23H19N3O5. The number of hydrogen-bond donors (Lipinski definition) is 2. The molecule has 0 saturated heterocycles. The van der Waals surface area contributed by atoms with Gasteiger partial charge in [0.25, 0.3) is 5.56 Å². The van der Waals surface area contributed by atoms with E-state index in [0.717, 1.165) is 29.0 Å². The molecule has 0 bridgehead atoms. The van der Waals surface area contributed by atoms with Gasteiger partial charge in [0.15, 0.2) is 0 Å². The first kappa shape index (κ1) is 20.1. The number of methoxy groups -OCH3 is 1. The van der Waals surface area contributed by atoms with E-state index in [9.17, 15) is 14.4 Å². The number of anilines is 1. The van der Waals surface area contributed by atoms with Crippen molar-refractivity contribution in [2.24, 2.45) is 0 Å². The van der Waals surface area contributed by atoms with Gasteiger partial charge in [-0.15, -0.1) is 0 Å². The zero-order chi connectivity index (χ0) is 22.0. The average molecular weight is 417 g/mol. The number of aliphatic carboxylic acids is 1. The summed E-state index contributed by atoms with van der Waals surface area (Å²) in [5, 5.41) is 11.6. The number of rotatable bonds is 5. The van der Waals surface area contributed by atoms with Crippen molar-refractivity contribution in [1.82, 2.24) is 9.55 Å². The number of allylic oxidation sites excluding steroid dienone is 1. The van der Waals surface area contributed by atoms with Gasteiger partial charge in [0.1, 0.15) is 11.6 Å². The maximum atomic E-state index is 12.9. The highest BCUT2D eigenvalue weighted by molar-refractivity contribution is 6.03. The van der Waals surface area contributed by atoms with E-state index in [1.807, 2.05) is 30.3 Å². The van der Waals surface area contributed by atoms with Crippen molar-refractivity contribution in [3.05, 3.63) is 76.4 Å². The van der Waals surface area contributed by atoms with Crippen molar-refractivity contribution in [2.75, 3.05) is 12.4 Å². The lowest BCUT2D eigenvalue weighted by molar-refractivity contribution is -0.131. The number of benzene rings is 2. The Morgan fingerprint density at radius 2 is 1.94 bits per heavy atom. The first-order valence-corrected chi connectivity index (χ1v) is 9.56. The summed E-state index contributed by atoms with van der Waals surface area (Å²) in [6, 6.07) is 12.4. The largest absolute Gasteiger partial charge is 0.497 e. The topological polar surface area (TPSA) is 111 Å². The third-order valence-corrected chi connectivity index (χ3v) is 4.95. The third kappa shape index (κ3) is 4.23. The van der Waals surface area contributed by atoms with Crippen LogP contribution in [0, 0.1) is 0 Å². The summed E-state index contributed by atoms with van der Waals surface area (Å²) < 4.78 is 6.84. The predicted molar refractivity (Wildman–Crippen MR) is 117 cm³/mol. The number of fused-ring (bicyclic) bond motifs is 2. The molecular weight excluding hydrogens is 398 g/mol. The molecule has 0 aliphatic carbocycles. The second kappa shape index (κ2) is 8.27. The van der Waals surface area contributed by atoms with Gasteiger partial charge in [0.05, 0.1) is 18.0 Å². The zero-order valence-electron chi connectivity index (χ0n) is 16.7. The number of aromatic nitrogens is 2. The SMILES string of the molecule is COc1ccc(/C=C2\CCn3c2nc2cc(NC(=O)/C=C/C(=O)O)ccc2c3=O)cc1. The molecule has 3 aromatic rings. The lowest BCUT2D eigenvalue weighted by atomic mass is 10.1. The van der Waals surface area contributed by atoms with Gasteiger partial charge in [-0.3, -0.25) is 14.2 Å². The second-order valence-corrected chi connectivity index (χ2v) is 6.98. The molecule has 0 saturated carbocycles. The maximum absolute atomic E-state index is 12.9. The van der Waals surface area contributed by atoms with Crippen LogP contribution in [0.15, 0.2) is 59.4 Å². The van der Waals surface area contributed by atoms with Crippen molar-refractivity contribution in [2.45, 2.75) is 13.0 Å². The fourth-order valence-corrected chi connectivity index (χ4v) is 3.46. The number of carboxylic acid groups (broad SMARTS) is 1. The molecule has 0 unspecified atom stereocenters. The Morgan fingerprint density at radius 1 is 1.16 bits per heavy atom. The second-order valence-electron chi connectivity index (χ2n) is 6.98. The van der Waals surface area contributed by atoms with Crippen molar-refractivity contribution in [3.8, 4) is 5.75 Å². The number of hydrogen-bond acceptors (Lipinski definition) is 5. The van der Waals surface area contributed by atoms with E-state index < -0.39 is 11.9 Å². The van der Waals surface area contributed by atoms with Crippen LogP contribution in [0.4, 0.5) is 5.69 Å². The van der Waals surface area contributed by atoms with Gasteiger partial charge in [0.2, 0.25) is 5.91 Å². The van der Waals surface area contributed by atoms with Crippen LogP contribution in [0.2, 0.25) is 0 Å². The molecule has 31 heavy (non-hydrogen) atoms. The third-order valence-electron chi connectivity index (χ3n) is 4.95. The van der Waals surface area contributed by atoms with Gasteiger partial charge < -0.3 is 15.2 Å². The van der Waals surface area contributed by atoms with Crippen molar-refractivity contribution < 1.29 is 19.4 Å². The smallest absolute Gasteiger partial charge is 0.328 e. The number of nitrogens with zero attached hydrogens (tertiary/aromatic N) is 2. The van der Waals surface area contributed by atoms with Crippen LogP contribution >= 0.6 is 0 Å². The van der Waals surface area contributed by atoms with Crippen molar-refractivity contribution >= 4 is 40.1 Å². The predicted octanol–water partition coefficient (Wildman–Crippen LogP) is 2.93. The highest BCUT2D eigenvalue weighted by atomic mass is 16.5. The molecule has 156 valence electrons. The molecule has 1 aromatic heterocycles. The molecule has 1 aliphatic heterocycles. The summed E-state index contributed by atoms with van der Waals surface area (Å²) in [7, 11) is 1.61. The monoisotopic (exact) mass is 417 g/mol. The van der Waals surface area contributed by atoms with Gasteiger partial charge in [-0.1, -0.05) is 12.1 Å². The van der Waals surface area contributed by atoms with Crippen LogP contribution in [0.1, 0.15) is 17.8 Å². The van der Waals surface area contributed by atoms with Crippen LogP contribution in [-0.2, 0) is 16.1 Å². The lowest BCUT2D eigenvalue weighted by Crippen LogP contribution is -2.21. The molecule has 0 atom stereocenters. The van der Waals surface area contributed by atoms with E-state index in [2.05, 4.69) is 10.3 Å². The fraction of sp³-hybridized carbons (Fsp3) is 0.130. The quantitative estimate of drug-likeness (QED) is 0.618. The lowest BCUT2D eigenvalue weighted by Gasteiger charge is -2.08. The Bertz CT molecular complexity index is 1300. The summed E-state index contributed by atoms with van der Waals surface area (Å²) in [6.45, 7) is 0.553. The molecule has 2 N–H and O–H groups in total. The molecule has 8 heteroatoms. The zero-order valence-corrected chi connectivity index (χ0v) is 16.7. The average Bonchev–Trinajstić information content (AvgIpc) is 3.15. The molecule has 1 amide bonds. The normalized spacial score (nSPS) is 14.2. The highest BCUT2D eigenvalue weighted by Gasteiger charge is 2.21. The Balaban J connectivity index is 1.69. The van der Waals surface area contributed by atoms with Gasteiger partial charge in [-0.05, 0) is 54.0 Å². The summed E-state index contributed by atoms with van der Waals surface area (Å²) in [6.07, 6.45) is 4.37. The number of ether oxygens (including phenoxy) is 1. The molecule has 2 heterocycles. The van der Waals surface area contributed by atoms with Crippen molar-refractivity contribution in [1.29, 1.82) is 0 Å². The number of carboxylic acids is 1. The van der Waals surface area contributed by atoms with Crippen LogP contribution in [0.3, 0.4) is 0 Å². The molecule has 1 aliphatic rings. The Kier molecular flexibility index (Phi) is 5.36. The molecule has 0 fully saturated rings. The molecule has 2 aromatic carbocycles. The summed E-state index contributed by atoms with van der Waals surface area (Å²) in [4.78, 5) is 40.0. The standard InChI is InChI=1S/C23H19N3O5/c1-31-17-5-2-14(3-6-17)12-15-10-11-26-22(15)25-19-13-16(4-7-18(19)23(26)30)24-20(27)8-9-21(28)29/h2-9,12-13H,10-11H2,1H3,(H,24,27)(H,28,29)/b9-8+,15-12+. The summed E-state index contributed by atoms with van der Waals surface area (Å²) in [5.41, 5.74) is 2.66. The highest BCUT2D eigenvalue weighted by Crippen LogP contribution is 2.28. The van der Waals surface area contributed by atoms with E-state index in [1.165, 1.54) is 0 Å². The minimum absolute atomic E-state index is 0.137. The molecule has 8 nitrogen and oxygen atoms in total. The fourth-order valence-electron chi connectivity index (χ4n) is 3.46. The van der Waals surface area contributed by atoms with Gasteiger partial charge >= 0.3 is 5.97 Å². The van der Waals surface area contributed by atoms with E-state index in [1.54, 1.807) is 29.9 Å².